The van der Waals surface area contributed by atoms with Crippen molar-refractivity contribution in [3.63, 3.8) is 0 Å². The molecule has 1 aromatic rings. The van der Waals surface area contributed by atoms with E-state index in [9.17, 15) is 4.79 Å². The maximum atomic E-state index is 11.6. The van der Waals surface area contributed by atoms with Gasteiger partial charge in [0, 0.05) is 6.04 Å². The highest BCUT2D eigenvalue weighted by Gasteiger charge is 2.16. The van der Waals surface area contributed by atoms with Crippen LogP contribution in [0.5, 0.6) is 0 Å². The minimum absolute atomic E-state index is 0.413. The minimum atomic E-state index is -0.517. The van der Waals surface area contributed by atoms with Crippen LogP contribution in [-0.4, -0.2) is 22.7 Å². The van der Waals surface area contributed by atoms with E-state index in [2.05, 4.69) is 36.4 Å². The van der Waals surface area contributed by atoms with Gasteiger partial charge in [0.2, 0.25) is 0 Å². The van der Waals surface area contributed by atoms with Crippen LogP contribution in [0.25, 0.3) is 0 Å². The molecule has 0 aliphatic rings. The predicted octanol–water partition coefficient (Wildman–Crippen LogP) is 4.28. The van der Waals surface area contributed by atoms with Gasteiger partial charge in [0.1, 0.15) is 11.4 Å². The lowest BCUT2D eigenvalue weighted by Crippen LogP contribution is -2.27. The Bertz CT molecular complexity index is 450. The first kappa shape index (κ1) is 17.3. The Morgan fingerprint density at radius 2 is 2.00 bits per heavy atom. The maximum Gasteiger partial charge on any atom is 0.413 e. The van der Waals surface area contributed by atoms with E-state index in [-0.39, 0.29) is 0 Å². The number of nitrogens with zero attached hydrogens (tertiary/aromatic N) is 1. The van der Waals surface area contributed by atoms with Crippen LogP contribution < -0.4 is 10.6 Å². The molecule has 0 fully saturated rings. The van der Waals surface area contributed by atoms with Crippen molar-refractivity contribution >= 4 is 17.6 Å². The fourth-order valence-corrected chi connectivity index (χ4v) is 1.92. The van der Waals surface area contributed by atoms with E-state index >= 15 is 0 Å². The first-order valence-corrected chi connectivity index (χ1v) is 7.44. The first-order chi connectivity index (χ1) is 9.71. The van der Waals surface area contributed by atoms with Crippen molar-refractivity contribution in [2.24, 2.45) is 5.92 Å². The van der Waals surface area contributed by atoms with E-state index in [0.717, 1.165) is 12.1 Å². The SMILES string of the molecule is CCC(Nc1ccc(NC(=O)OC(C)(C)C)nc1)C(C)C. The van der Waals surface area contributed by atoms with Crippen molar-refractivity contribution in [3.8, 4) is 0 Å². The summed E-state index contributed by atoms with van der Waals surface area (Å²) in [5.41, 5.74) is 0.433. The monoisotopic (exact) mass is 293 g/mol. The number of amides is 1. The molecular formula is C16H27N3O2. The van der Waals surface area contributed by atoms with Crippen LogP contribution in [0, 0.1) is 5.92 Å². The summed E-state index contributed by atoms with van der Waals surface area (Å²) in [5, 5.41) is 6.06. The Labute approximate surface area is 127 Å². The molecule has 21 heavy (non-hydrogen) atoms. The summed E-state index contributed by atoms with van der Waals surface area (Å²) in [5.74, 6) is 1.03. The third kappa shape index (κ3) is 6.47. The number of rotatable bonds is 5. The molecule has 1 heterocycles. The van der Waals surface area contributed by atoms with Gasteiger partial charge in [-0.15, -0.1) is 0 Å². The lowest BCUT2D eigenvalue weighted by Gasteiger charge is -2.22. The number of pyridine rings is 1. The van der Waals surface area contributed by atoms with E-state index in [1.807, 2.05) is 26.8 Å². The molecule has 118 valence electrons. The fraction of sp³-hybridized carbons (Fsp3) is 0.625. The molecule has 1 rings (SSSR count). The molecule has 5 nitrogen and oxygen atoms in total. The van der Waals surface area contributed by atoms with Gasteiger partial charge >= 0.3 is 6.09 Å². The third-order valence-corrected chi connectivity index (χ3v) is 2.99. The van der Waals surface area contributed by atoms with Crippen molar-refractivity contribution in [1.82, 2.24) is 4.98 Å². The second-order valence-electron chi connectivity index (χ2n) is 6.46. The Morgan fingerprint density at radius 1 is 1.33 bits per heavy atom. The molecule has 5 heteroatoms. The number of hydrogen-bond donors (Lipinski definition) is 2. The van der Waals surface area contributed by atoms with E-state index in [0.29, 0.717) is 17.8 Å². The van der Waals surface area contributed by atoms with E-state index in [4.69, 9.17) is 4.74 Å². The van der Waals surface area contributed by atoms with Gasteiger partial charge in [0.25, 0.3) is 0 Å². The topological polar surface area (TPSA) is 63.2 Å². The van der Waals surface area contributed by atoms with Crippen LogP contribution in [-0.2, 0) is 4.74 Å². The van der Waals surface area contributed by atoms with Gasteiger partial charge in [-0.05, 0) is 45.2 Å². The van der Waals surface area contributed by atoms with Crippen molar-refractivity contribution in [1.29, 1.82) is 0 Å². The smallest absolute Gasteiger partial charge is 0.413 e. The molecule has 0 spiro atoms. The molecule has 0 aliphatic carbocycles. The van der Waals surface area contributed by atoms with Crippen LogP contribution >= 0.6 is 0 Å². The van der Waals surface area contributed by atoms with Gasteiger partial charge in [0.05, 0.1) is 11.9 Å². The van der Waals surface area contributed by atoms with Gasteiger partial charge in [-0.2, -0.15) is 0 Å². The molecule has 1 atom stereocenters. The quantitative estimate of drug-likeness (QED) is 0.850. The van der Waals surface area contributed by atoms with Crippen LogP contribution in [0.3, 0.4) is 0 Å². The number of hydrogen-bond acceptors (Lipinski definition) is 4. The average Bonchev–Trinajstić information content (AvgIpc) is 2.35. The molecule has 0 aromatic carbocycles. The van der Waals surface area contributed by atoms with Gasteiger partial charge in [-0.1, -0.05) is 20.8 Å². The van der Waals surface area contributed by atoms with Crippen molar-refractivity contribution in [2.45, 2.75) is 59.6 Å². The third-order valence-electron chi connectivity index (χ3n) is 2.99. The molecule has 0 saturated heterocycles. The van der Waals surface area contributed by atoms with Crippen molar-refractivity contribution in [2.75, 3.05) is 10.6 Å². The Kier molecular flexibility index (Phi) is 6.00. The van der Waals surface area contributed by atoms with Gasteiger partial charge in [-0.25, -0.2) is 9.78 Å². The number of aromatic nitrogens is 1. The Balaban J connectivity index is 2.60. The van der Waals surface area contributed by atoms with Crippen LogP contribution in [0.2, 0.25) is 0 Å². The lowest BCUT2D eigenvalue weighted by atomic mass is 10.0. The number of ether oxygens (including phenoxy) is 1. The van der Waals surface area contributed by atoms with Crippen LogP contribution in [0.15, 0.2) is 18.3 Å². The minimum Gasteiger partial charge on any atom is -0.444 e. The number of nitrogens with one attached hydrogen (secondary N) is 2. The number of anilines is 2. The van der Waals surface area contributed by atoms with Crippen molar-refractivity contribution < 1.29 is 9.53 Å². The summed E-state index contributed by atoms with van der Waals surface area (Å²) in [6.45, 7) is 12.0. The van der Waals surface area contributed by atoms with Gasteiger partial charge < -0.3 is 10.1 Å². The zero-order valence-electron chi connectivity index (χ0n) is 13.9. The zero-order valence-corrected chi connectivity index (χ0v) is 13.9. The van der Waals surface area contributed by atoms with Crippen LogP contribution in [0.1, 0.15) is 48.0 Å². The Hall–Kier alpha value is -1.78. The van der Waals surface area contributed by atoms with E-state index < -0.39 is 11.7 Å². The predicted molar refractivity (Wildman–Crippen MR) is 86.6 cm³/mol. The highest BCUT2D eigenvalue weighted by molar-refractivity contribution is 5.83. The second kappa shape index (κ2) is 7.29. The highest BCUT2D eigenvalue weighted by atomic mass is 16.6. The van der Waals surface area contributed by atoms with E-state index in [1.165, 1.54) is 0 Å². The molecule has 2 N–H and O–H groups in total. The second-order valence-corrected chi connectivity index (χ2v) is 6.46. The number of carbonyl (C=O) groups is 1. The molecular weight excluding hydrogens is 266 g/mol. The fourth-order valence-electron chi connectivity index (χ4n) is 1.92. The molecule has 0 bridgehead atoms. The standard InChI is InChI=1S/C16H27N3O2/c1-7-13(11(2)3)18-12-8-9-14(17-10-12)19-15(20)21-16(4,5)6/h8-11,13,18H,7H2,1-6H3,(H,17,19,20). The molecule has 0 aliphatic heterocycles. The summed E-state index contributed by atoms with van der Waals surface area (Å²) >= 11 is 0. The maximum absolute atomic E-state index is 11.6. The van der Waals surface area contributed by atoms with Gasteiger partial charge in [-0.3, -0.25) is 5.32 Å². The normalized spacial score (nSPS) is 12.9. The van der Waals surface area contributed by atoms with Gasteiger partial charge in [0.15, 0.2) is 0 Å². The average molecular weight is 293 g/mol. The Morgan fingerprint density at radius 3 is 2.43 bits per heavy atom. The molecule has 1 unspecified atom stereocenters. The van der Waals surface area contributed by atoms with E-state index in [1.54, 1.807) is 12.3 Å². The summed E-state index contributed by atoms with van der Waals surface area (Å²) in [7, 11) is 0. The van der Waals surface area contributed by atoms with Crippen molar-refractivity contribution in [3.05, 3.63) is 18.3 Å². The lowest BCUT2D eigenvalue weighted by molar-refractivity contribution is 0.0635. The molecule has 1 amide bonds. The summed E-state index contributed by atoms with van der Waals surface area (Å²) in [6.07, 6.45) is 2.28. The summed E-state index contributed by atoms with van der Waals surface area (Å²) < 4.78 is 5.18. The van der Waals surface area contributed by atoms with Crippen LogP contribution in [0.4, 0.5) is 16.3 Å². The highest BCUT2D eigenvalue weighted by Crippen LogP contribution is 2.16. The first-order valence-electron chi connectivity index (χ1n) is 7.44. The number of carbonyl (C=O) groups excluding carboxylic acids is 1. The molecule has 0 saturated carbocycles. The zero-order chi connectivity index (χ0) is 16.0. The molecule has 1 aromatic heterocycles. The molecule has 0 radical (unpaired) electrons. The summed E-state index contributed by atoms with van der Waals surface area (Å²) in [6, 6.07) is 4.08. The summed E-state index contributed by atoms with van der Waals surface area (Å²) in [4.78, 5) is 15.9. The largest absolute Gasteiger partial charge is 0.444 e.